The molecule has 0 aliphatic rings. The Hall–Kier alpha value is -7.02. The van der Waals surface area contributed by atoms with E-state index in [9.17, 15) is 0 Å². The van der Waals surface area contributed by atoms with Crippen LogP contribution in [0.1, 0.15) is 0 Å². The lowest BCUT2D eigenvalue weighted by Crippen LogP contribution is -1.94. The maximum atomic E-state index is 2.45. The topological polar surface area (TPSA) is 0 Å². The van der Waals surface area contributed by atoms with Crippen LogP contribution in [0.15, 0.2) is 218 Å². The molecular formula is C54H36. The molecule has 0 N–H and O–H groups in total. The van der Waals surface area contributed by atoms with Gasteiger partial charge in [-0.1, -0.05) is 200 Å². The van der Waals surface area contributed by atoms with Gasteiger partial charge in [0.25, 0.3) is 0 Å². The molecule has 54 heavy (non-hydrogen) atoms. The Morgan fingerprint density at radius 2 is 0.630 bits per heavy atom. The molecule has 0 unspecified atom stereocenters. The highest BCUT2D eigenvalue weighted by molar-refractivity contribution is 6.22. The third kappa shape index (κ3) is 5.57. The van der Waals surface area contributed by atoms with E-state index in [4.69, 9.17) is 0 Å². The smallest absolute Gasteiger partial charge is 0.00199 e. The zero-order chi connectivity index (χ0) is 35.8. The number of hydrogen-bond acceptors (Lipinski definition) is 0. The van der Waals surface area contributed by atoms with Crippen LogP contribution in [0.5, 0.6) is 0 Å². The molecule has 0 aliphatic carbocycles. The van der Waals surface area contributed by atoms with Gasteiger partial charge in [0.15, 0.2) is 0 Å². The van der Waals surface area contributed by atoms with Gasteiger partial charge in [-0.25, -0.2) is 0 Å². The lowest BCUT2D eigenvalue weighted by molar-refractivity contribution is 1.56. The van der Waals surface area contributed by atoms with Crippen LogP contribution in [0.4, 0.5) is 0 Å². The Balaban J connectivity index is 1.26. The Kier molecular flexibility index (Phi) is 7.93. The summed E-state index contributed by atoms with van der Waals surface area (Å²) in [6.07, 6.45) is 0. The summed E-state index contributed by atoms with van der Waals surface area (Å²) in [4.78, 5) is 0. The van der Waals surface area contributed by atoms with Gasteiger partial charge in [-0.15, -0.1) is 0 Å². The molecule has 0 spiro atoms. The fourth-order valence-corrected chi connectivity index (χ4v) is 8.35. The van der Waals surface area contributed by atoms with E-state index in [1.165, 1.54) is 99.1 Å². The van der Waals surface area contributed by atoms with Crippen LogP contribution in [0.3, 0.4) is 0 Å². The minimum Gasteiger partial charge on any atom is -0.0622 e. The monoisotopic (exact) mass is 684 g/mol. The van der Waals surface area contributed by atoms with Crippen molar-refractivity contribution in [3.8, 4) is 66.8 Å². The first-order chi connectivity index (χ1) is 26.8. The summed E-state index contributed by atoms with van der Waals surface area (Å²) in [6, 6.07) is 79.8. The van der Waals surface area contributed by atoms with Crippen molar-refractivity contribution in [1.82, 2.24) is 0 Å². The van der Waals surface area contributed by atoms with Crippen molar-refractivity contribution in [3.05, 3.63) is 218 Å². The van der Waals surface area contributed by atoms with Gasteiger partial charge in [0, 0.05) is 0 Å². The van der Waals surface area contributed by atoms with Crippen LogP contribution in [-0.4, -0.2) is 0 Å². The molecule has 0 heteroatoms. The van der Waals surface area contributed by atoms with Gasteiger partial charge < -0.3 is 0 Å². The van der Waals surface area contributed by atoms with E-state index in [0.717, 1.165) is 0 Å². The van der Waals surface area contributed by atoms with E-state index in [-0.39, 0.29) is 0 Å². The lowest BCUT2D eigenvalue weighted by Gasteiger charge is -2.21. The second-order valence-corrected chi connectivity index (χ2v) is 14.0. The molecule has 0 amide bonds. The predicted molar refractivity (Wildman–Crippen MR) is 232 cm³/mol. The predicted octanol–water partition coefficient (Wildman–Crippen LogP) is 15.1. The van der Waals surface area contributed by atoms with Gasteiger partial charge in [0.05, 0.1) is 0 Å². The van der Waals surface area contributed by atoms with Crippen molar-refractivity contribution in [2.75, 3.05) is 0 Å². The maximum Gasteiger partial charge on any atom is -0.00199 e. The molecule has 0 aromatic heterocycles. The Morgan fingerprint density at radius 1 is 0.185 bits per heavy atom. The Bertz CT molecular complexity index is 2910. The summed E-state index contributed by atoms with van der Waals surface area (Å²) in [5.74, 6) is 0. The van der Waals surface area contributed by atoms with Crippen molar-refractivity contribution in [2.24, 2.45) is 0 Å². The van der Waals surface area contributed by atoms with E-state index in [2.05, 4.69) is 218 Å². The second-order valence-electron chi connectivity index (χ2n) is 14.0. The first kappa shape index (κ1) is 31.7. The van der Waals surface area contributed by atoms with Crippen molar-refractivity contribution in [1.29, 1.82) is 0 Å². The highest BCUT2D eigenvalue weighted by Crippen LogP contribution is 2.48. The van der Waals surface area contributed by atoms with Crippen molar-refractivity contribution < 1.29 is 0 Å². The lowest BCUT2D eigenvalue weighted by atomic mass is 9.82. The molecule has 0 aliphatic heterocycles. The highest BCUT2D eigenvalue weighted by Gasteiger charge is 2.20. The van der Waals surface area contributed by atoms with Gasteiger partial charge in [-0.3, -0.25) is 0 Å². The number of benzene rings is 10. The molecule has 0 saturated carbocycles. The summed E-state index contributed by atoms with van der Waals surface area (Å²) in [6.45, 7) is 0. The van der Waals surface area contributed by atoms with Crippen LogP contribution >= 0.6 is 0 Å². The van der Waals surface area contributed by atoms with E-state index < -0.39 is 0 Å². The third-order valence-electron chi connectivity index (χ3n) is 10.9. The van der Waals surface area contributed by atoms with Gasteiger partial charge in [-0.05, 0) is 117 Å². The number of rotatable bonds is 6. The molecule has 0 saturated heterocycles. The largest absolute Gasteiger partial charge is 0.0622 e. The first-order valence-corrected chi connectivity index (χ1v) is 18.7. The van der Waals surface area contributed by atoms with Crippen molar-refractivity contribution in [2.45, 2.75) is 0 Å². The molecule has 0 heterocycles. The highest BCUT2D eigenvalue weighted by atomic mass is 14.2. The molecule has 0 bridgehead atoms. The van der Waals surface area contributed by atoms with Crippen LogP contribution < -0.4 is 0 Å². The Labute approximate surface area is 316 Å². The molecular weight excluding hydrogens is 649 g/mol. The van der Waals surface area contributed by atoms with Crippen molar-refractivity contribution in [3.63, 3.8) is 0 Å². The maximum absolute atomic E-state index is 2.45. The summed E-state index contributed by atoms with van der Waals surface area (Å²) in [5, 5.41) is 7.49. The Morgan fingerprint density at radius 3 is 1.30 bits per heavy atom. The second kappa shape index (κ2) is 13.5. The summed E-state index contributed by atoms with van der Waals surface area (Å²) in [7, 11) is 0. The molecule has 0 nitrogen and oxygen atoms in total. The molecule has 0 fully saturated rings. The number of fused-ring (bicyclic) bond motifs is 3. The van der Waals surface area contributed by atoms with Gasteiger partial charge in [-0.2, -0.15) is 0 Å². The van der Waals surface area contributed by atoms with E-state index in [1.807, 2.05) is 0 Å². The molecule has 252 valence electrons. The average Bonchev–Trinajstić information content (AvgIpc) is 3.26. The minimum absolute atomic E-state index is 1.19. The standard InChI is InChI=1S/C54H36/c1-3-16-37(17-4-1)41-22-15-23-42(34-41)45-24-9-10-25-46(45)44-32-33-47(43-31-30-38-18-7-8-21-40(38)35-43)52(36-44)54-50-28-13-11-26-48(50)53(39-19-5-2-6-20-39)49-27-12-14-29-51(49)54/h1-36H. The molecule has 10 rings (SSSR count). The minimum atomic E-state index is 1.19. The van der Waals surface area contributed by atoms with Gasteiger partial charge in [0.2, 0.25) is 0 Å². The van der Waals surface area contributed by atoms with Crippen LogP contribution in [0.25, 0.3) is 99.1 Å². The SMILES string of the molecule is c1ccc(-c2cccc(-c3ccccc3-c3ccc(-c4ccc5ccccc5c4)c(-c4c5ccccc5c(-c5ccccc5)c5ccccc45)c3)c2)cc1. The van der Waals surface area contributed by atoms with Crippen LogP contribution in [-0.2, 0) is 0 Å². The van der Waals surface area contributed by atoms with Gasteiger partial charge >= 0.3 is 0 Å². The van der Waals surface area contributed by atoms with Crippen LogP contribution in [0, 0.1) is 0 Å². The zero-order valence-corrected chi connectivity index (χ0v) is 29.8. The summed E-state index contributed by atoms with van der Waals surface area (Å²) >= 11 is 0. The first-order valence-electron chi connectivity index (χ1n) is 18.7. The fourth-order valence-electron chi connectivity index (χ4n) is 8.35. The summed E-state index contributed by atoms with van der Waals surface area (Å²) < 4.78 is 0. The third-order valence-corrected chi connectivity index (χ3v) is 10.9. The fraction of sp³-hybridized carbons (Fsp3) is 0. The normalized spacial score (nSPS) is 11.3. The molecule has 10 aromatic carbocycles. The number of hydrogen-bond donors (Lipinski definition) is 0. The van der Waals surface area contributed by atoms with E-state index >= 15 is 0 Å². The molecule has 0 atom stereocenters. The van der Waals surface area contributed by atoms with E-state index in [1.54, 1.807) is 0 Å². The zero-order valence-electron chi connectivity index (χ0n) is 29.8. The molecule has 0 radical (unpaired) electrons. The average molecular weight is 685 g/mol. The van der Waals surface area contributed by atoms with Gasteiger partial charge in [0.1, 0.15) is 0 Å². The van der Waals surface area contributed by atoms with E-state index in [0.29, 0.717) is 0 Å². The summed E-state index contributed by atoms with van der Waals surface area (Å²) in [5.41, 5.74) is 14.7. The van der Waals surface area contributed by atoms with Crippen molar-refractivity contribution >= 4 is 32.3 Å². The molecule has 10 aromatic rings. The quantitative estimate of drug-likeness (QED) is 0.153. The van der Waals surface area contributed by atoms with Crippen LogP contribution in [0.2, 0.25) is 0 Å².